The van der Waals surface area contributed by atoms with Gasteiger partial charge in [-0.25, -0.2) is 0 Å². The van der Waals surface area contributed by atoms with E-state index in [2.05, 4.69) is 19.1 Å². The Morgan fingerprint density at radius 3 is 2.86 bits per heavy atom. The molecule has 0 aliphatic heterocycles. The van der Waals surface area contributed by atoms with Crippen LogP contribution in [0.1, 0.15) is 56.6 Å². The molecule has 1 saturated carbocycles. The minimum Gasteiger partial charge on any atom is -0.468 e. The number of aliphatic hydroxyl groups excluding tert-OH is 1. The Hall–Kier alpha value is -1.61. The van der Waals surface area contributed by atoms with E-state index >= 15 is 0 Å². The number of ether oxygens (including phenoxy) is 1. The Morgan fingerprint density at radius 2 is 2.14 bits per heavy atom. The quantitative estimate of drug-likeness (QED) is 0.858. The van der Waals surface area contributed by atoms with Crippen molar-refractivity contribution >= 4 is 11.4 Å². The molecule has 3 nitrogen and oxygen atoms in total. The first-order valence-corrected chi connectivity index (χ1v) is 8.22. The van der Waals surface area contributed by atoms with Crippen LogP contribution in [0.3, 0.4) is 0 Å². The molecule has 1 aromatic carbocycles. The number of hydrogen-bond donors (Lipinski definition) is 1. The third-order valence-corrected chi connectivity index (χ3v) is 5.15. The molecule has 1 atom stereocenters. The van der Waals surface area contributed by atoms with Crippen molar-refractivity contribution in [3.63, 3.8) is 0 Å². The van der Waals surface area contributed by atoms with Crippen LogP contribution in [0, 0.1) is 5.41 Å². The van der Waals surface area contributed by atoms with E-state index in [9.17, 15) is 4.79 Å². The molecule has 0 aromatic heterocycles. The summed E-state index contributed by atoms with van der Waals surface area (Å²) in [5.41, 5.74) is 3.78. The summed E-state index contributed by atoms with van der Waals surface area (Å²) in [6.45, 7) is 1.82. The van der Waals surface area contributed by atoms with E-state index in [1.54, 1.807) is 0 Å². The van der Waals surface area contributed by atoms with Gasteiger partial charge in [0.15, 0.2) is 6.79 Å². The van der Waals surface area contributed by atoms with E-state index in [-0.39, 0.29) is 12.2 Å². The number of carbonyl (C=O) groups is 1. The molecule has 22 heavy (non-hydrogen) atoms. The lowest BCUT2D eigenvalue weighted by Gasteiger charge is -2.23. The van der Waals surface area contributed by atoms with Gasteiger partial charge in [0, 0.05) is 11.8 Å². The maximum absolute atomic E-state index is 12.1. The van der Waals surface area contributed by atoms with Crippen LogP contribution in [0.5, 0.6) is 5.75 Å². The summed E-state index contributed by atoms with van der Waals surface area (Å²) >= 11 is 0. The molecule has 3 heteroatoms. The minimum atomic E-state index is -0.290. The second-order valence-electron chi connectivity index (χ2n) is 6.72. The van der Waals surface area contributed by atoms with E-state index in [0.717, 1.165) is 50.7 Å². The van der Waals surface area contributed by atoms with E-state index in [4.69, 9.17) is 9.84 Å². The Balaban J connectivity index is 1.82. The maximum atomic E-state index is 12.1. The molecule has 0 unspecified atom stereocenters. The molecule has 1 N–H and O–H groups in total. The summed E-state index contributed by atoms with van der Waals surface area (Å²) in [5, 5.41) is 8.87. The Labute approximate surface area is 132 Å². The summed E-state index contributed by atoms with van der Waals surface area (Å²) in [6, 6.07) is 6.03. The van der Waals surface area contributed by atoms with E-state index in [1.165, 1.54) is 16.7 Å². The zero-order valence-corrected chi connectivity index (χ0v) is 13.2. The monoisotopic (exact) mass is 300 g/mol. The molecule has 0 radical (unpaired) electrons. The second kappa shape index (κ2) is 6.25. The van der Waals surface area contributed by atoms with Crippen molar-refractivity contribution in [3.05, 3.63) is 35.4 Å². The topological polar surface area (TPSA) is 46.5 Å². The number of fused-ring (bicyclic) bond motifs is 1. The lowest BCUT2D eigenvalue weighted by Crippen LogP contribution is -2.20. The van der Waals surface area contributed by atoms with Crippen LogP contribution in [0.25, 0.3) is 5.57 Å². The van der Waals surface area contributed by atoms with Crippen molar-refractivity contribution in [2.45, 2.75) is 51.9 Å². The van der Waals surface area contributed by atoms with Crippen LogP contribution in [-0.2, 0) is 11.2 Å². The summed E-state index contributed by atoms with van der Waals surface area (Å²) in [4.78, 5) is 12.1. The molecule has 0 amide bonds. The summed E-state index contributed by atoms with van der Waals surface area (Å²) < 4.78 is 5.17. The molecule has 3 rings (SSSR count). The molecular weight excluding hydrogens is 276 g/mol. The molecule has 2 aliphatic carbocycles. The van der Waals surface area contributed by atoms with Gasteiger partial charge >= 0.3 is 0 Å². The van der Waals surface area contributed by atoms with Crippen LogP contribution in [0.4, 0.5) is 0 Å². The van der Waals surface area contributed by atoms with Gasteiger partial charge < -0.3 is 9.84 Å². The third kappa shape index (κ3) is 2.95. The lowest BCUT2D eigenvalue weighted by atomic mass is 9.81. The normalized spacial score (nSPS) is 26.3. The van der Waals surface area contributed by atoms with Crippen molar-refractivity contribution in [2.24, 2.45) is 5.41 Å². The molecule has 0 spiro atoms. The van der Waals surface area contributed by atoms with Crippen LogP contribution >= 0.6 is 0 Å². The van der Waals surface area contributed by atoms with E-state index < -0.39 is 0 Å². The van der Waals surface area contributed by atoms with Crippen molar-refractivity contribution < 1.29 is 14.6 Å². The van der Waals surface area contributed by atoms with Crippen molar-refractivity contribution in [1.82, 2.24) is 0 Å². The first-order chi connectivity index (χ1) is 10.6. The predicted molar refractivity (Wildman–Crippen MR) is 86.7 cm³/mol. The largest absolute Gasteiger partial charge is 0.468 e. The van der Waals surface area contributed by atoms with Gasteiger partial charge in [-0.1, -0.05) is 19.1 Å². The Morgan fingerprint density at radius 1 is 1.27 bits per heavy atom. The molecule has 0 saturated heterocycles. The molecule has 1 aromatic rings. The zero-order valence-electron chi connectivity index (χ0n) is 13.2. The van der Waals surface area contributed by atoms with Crippen molar-refractivity contribution in [1.29, 1.82) is 0 Å². The molecule has 2 aliphatic rings. The first-order valence-electron chi connectivity index (χ1n) is 8.22. The zero-order chi connectivity index (χ0) is 15.6. The number of ketones is 1. The van der Waals surface area contributed by atoms with Crippen LogP contribution < -0.4 is 4.74 Å². The highest BCUT2D eigenvalue weighted by Crippen LogP contribution is 2.40. The highest BCUT2D eigenvalue weighted by Gasteiger charge is 2.36. The molecule has 1 fully saturated rings. The molecule has 0 heterocycles. The number of Topliss-reactive ketones (excluding diaryl/α,β-unsaturated/α-hetero) is 1. The van der Waals surface area contributed by atoms with Gasteiger partial charge in [-0.2, -0.15) is 0 Å². The van der Waals surface area contributed by atoms with Gasteiger partial charge in [-0.15, -0.1) is 0 Å². The SMILES string of the molecule is C[C@@]1(CC=C2CCCc3cc(OCO)ccc32)CCCC1=O. The Bertz CT molecular complexity index is 603. The number of benzene rings is 1. The van der Waals surface area contributed by atoms with Gasteiger partial charge in [0.2, 0.25) is 0 Å². The average molecular weight is 300 g/mol. The Kier molecular flexibility index (Phi) is 4.34. The molecular formula is C19H24O3. The summed E-state index contributed by atoms with van der Waals surface area (Å²) in [5.74, 6) is 1.15. The van der Waals surface area contributed by atoms with Crippen molar-refractivity contribution in [3.8, 4) is 5.75 Å². The fraction of sp³-hybridized carbons (Fsp3) is 0.526. The number of aliphatic hydroxyl groups is 1. The smallest absolute Gasteiger partial charge is 0.186 e. The molecule has 118 valence electrons. The number of allylic oxidation sites excluding steroid dienone is 2. The van der Waals surface area contributed by atoms with Gasteiger partial charge in [-0.05, 0) is 67.4 Å². The van der Waals surface area contributed by atoms with E-state index in [0.29, 0.717) is 5.78 Å². The van der Waals surface area contributed by atoms with Crippen LogP contribution in [0.2, 0.25) is 0 Å². The van der Waals surface area contributed by atoms with Gasteiger partial charge in [0.05, 0.1) is 0 Å². The number of aryl methyl sites for hydroxylation is 1. The van der Waals surface area contributed by atoms with E-state index in [1.807, 2.05) is 12.1 Å². The highest BCUT2D eigenvalue weighted by molar-refractivity contribution is 5.86. The average Bonchev–Trinajstić information content (AvgIpc) is 2.85. The van der Waals surface area contributed by atoms with Gasteiger partial charge in [0.1, 0.15) is 11.5 Å². The van der Waals surface area contributed by atoms with Crippen molar-refractivity contribution in [2.75, 3.05) is 6.79 Å². The van der Waals surface area contributed by atoms with Gasteiger partial charge in [-0.3, -0.25) is 4.79 Å². The minimum absolute atomic E-state index is 0.148. The standard InChI is InChI=1S/C19H24O3/c1-19(10-3-6-18(19)21)11-9-14-4-2-5-15-12-16(22-13-20)7-8-17(14)15/h7-9,12,20H,2-6,10-11,13H2,1H3/t19-/m0/s1. The van der Waals surface area contributed by atoms with Crippen LogP contribution in [-0.4, -0.2) is 17.7 Å². The number of rotatable bonds is 4. The first kappa shape index (κ1) is 15.3. The second-order valence-corrected chi connectivity index (χ2v) is 6.72. The van der Waals surface area contributed by atoms with Gasteiger partial charge in [0.25, 0.3) is 0 Å². The highest BCUT2D eigenvalue weighted by atomic mass is 16.6. The maximum Gasteiger partial charge on any atom is 0.186 e. The summed E-state index contributed by atoms with van der Waals surface area (Å²) in [6.07, 6.45) is 9.21. The number of carbonyl (C=O) groups excluding carboxylic acids is 1. The lowest BCUT2D eigenvalue weighted by molar-refractivity contribution is -0.124. The van der Waals surface area contributed by atoms with Crippen LogP contribution in [0.15, 0.2) is 24.3 Å². The fourth-order valence-corrected chi connectivity index (χ4v) is 3.72. The predicted octanol–water partition coefficient (Wildman–Crippen LogP) is 3.88. The molecule has 0 bridgehead atoms. The number of hydrogen-bond acceptors (Lipinski definition) is 3. The third-order valence-electron chi connectivity index (χ3n) is 5.15. The fourth-order valence-electron chi connectivity index (χ4n) is 3.72. The summed E-state index contributed by atoms with van der Waals surface area (Å²) in [7, 11) is 0.